The van der Waals surface area contributed by atoms with Gasteiger partial charge >= 0.3 is 0 Å². The van der Waals surface area contributed by atoms with E-state index in [-0.39, 0.29) is 11.9 Å². The van der Waals surface area contributed by atoms with E-state index in [1.165, 1.54) is 12.1 Å². The van der Waals surface area contributed by atoms with Gasteiger partial charge in [0.05, 0.1) is 11.6 Å². The van der Waals surface area contributed by atoms with E-state index < -0.39 is 0 Å². The van der Waals surface area contributed by atoms with E-state index in [1.807, 2.05) is 43.3 Å². The van der Waals surface area contributed by atoms with E-state index in [1.54, 1.807) is 6.20 Å². The van der Waals surface area contributed by atoms with Crippen LogP contribution in [0.3, 0.4) is 0 Å². The van der Waals surface area contributed by atoms with Crippen LogP contribution in [0.25, 0.3) is 10.9 Å². The molecular weight excluding hydrogens is 251 g/mol. The fourth-order valence-electron chi connectivity index (χ4n) is 2.42. The second kappa shape index (κ2) is 5.02. The van der Waals surface area contributed by atoms with Crippen molar-refractivity contribution in [2.75, 3.05) is 0 Å². The Morgan fingerprint density at radius 2 is 1.90 bits per heavy atom. The molecule has 3 rings (SSSR count). The summed E-state index contributed by atoms with van der Waals surface area (Å²) in [5.74, 6) is -0.252. The fraction of sp³-hybridized carbons (Fsp3) is 0.118. The standard InChI is InChI=1S/C17H15FN2/c1-11-7-14(10-15(18)8-11)17(19)13-4-5-16-12(9-13)3-2-6-20-16/h2-10,17H,19H2,1H3. The second-order valence-electron chi connectivity index (χ2n) is 5.00. The highest BCUT2D eigenvalue weighted by Gasteiger charge is 2.11. The molecule has 2 N–H and O–H groups in total. The van der Waals surface area contributed by atoms with E-state index in [0.717, 1.165) is 27.6 Å². The molecule has 0 aliphatic carbocycles. The van der Waals surface area contributed by atoms with Crippen molar-refractivity contribution in [3.63, 3.8) is 0 Å². The number of nitrogens with zero attached hydrogens (tertiary/aromatic N) is 1. The van der Waals surface area contributed by atoms with Crippen molar-refractivity contribution in [2.45, 2.75) is 13.0 Å². The van der Waals surface area contributed by atoms with Crippen LogP contribution in [0.4, 0.5) is 4.39 Å². The van der Waals surface area contributed by atoms with Gasteiger partial charge in [0.15, 0.2) is 0 Å². The smallest absolute Gasteiger partial charge is 0.123 e. The van der Waals surface area contributed by atoms with Gasteiger partial charge in [-0.2, -0.15) is 0 Å². The van der Waals surface area contributed by atoms with Crippen molar-refractivity contribution >= 4 is 10.9 Å². The SMILES string of the molecule is Cc1cc(F)cc(C(N)c2ccc3ncccc3c2)c1. The largest absolute Gasteiger partial charge is 0.320 e. The Morgan fingerprint density at radius 3 is 2.70 bits per heavy atom. The molecule has 0 spiro atoms. The molecule has 3 aromatic rings. The quantitative estimate of drug-likeness (QED) is 0.767. The predicted octanol–water partition coefficient (Wildman–Crippen LogP) is 3.73. The maximum absolute atomic E-state index is 13.5. The summed E-state index contributed by atoms with van der Waals surface area (Å²) in [7, 11) is 0. The molecule has 0 aliphatic rings. The summed E-state index contributed by atoms with van der Waals surface area (Å²) in [5.41, 5.74) is 9.80. The number of halogens is 1. The topological polar surface area (TPSA) is 38.9 Å². The maximum Gasteiger partial charge on any atom is 0.123 e. The van der Waals surface area contributed by atoms with Gasteiger partial charge in [-0.1, -0.05) is 18.2 Å². The Bertz CT molecular complexity index is 748. The highest BCUT2D eigenvalue weighted by Crippen LogP contribution is 2.24. The molecule has 1 unspecified atom stereocenters. The van der Waals surface area contributed by atoms with E-state index in [4.69, 9.17) is 5.73 Å². The van der Waals surface area contributed by atoms with Crippen molar-refractivity contribution in [1.82, 2.24) is 4.98 Å². The van der Waals surface area contributed by atoms with Crippen LogP contribution in [-0.2, 0) is 0 Å². The molecule has 0 bridgehead atoms. The van der Waals surface area contributed by atoms with Gasteiger partial charge in [0, 0.05) is 11.6 Å². The zero-order valence-corrected chi connectivity index (χ0v) is 11.2. The lowest BCUT2D eigenvalue weighted by atomic mass is 9.97. The van der Waals surface area contributed by atoms with Crippen LogP contribution < -0.4 is 5.73 Å². The summed E-state index contributed by atoms with van der Waals surface area (Å²) in [6.07, 6.45) is 1.76. The molecule has 100 valence electrons. The number of fused-ring (bicyclic) bond motifs is 1. The first-order valence-electron chi connectivity index (χ1n) is 6.51. The van der Waals surface area contributed by atoms with Crippen LogP contribution in [0.15, 0.2) is 54.7 Å². The number of hydrogen-bond acceptors (Lipinski definition) is 2. The summed E-state index contributed by atoms with van der Waals surface area (Å²) in [5, 5.41) is 1.04. The van der Waals surface area contributed by atoms with Gasteiger partial charge in [-0.15, -0.1) is 0 Å². The van der Waals surface area contributed by atoms with Crippen molar-refractivity contribution < 1.29 is 4.39 Å². The third-order valence-corrected chi connectivity index (χ3v) is 3.41. The Morgan fingerprint density at radius 1 is 1.05 bits per heavy atom. The Hall–Kier alpha value is -2.26. The van der Waals surface area contributed by atoms with Gasteiger partial charge in [-0.3, -0.25) is 4.98 Å². The van der Waals surface area contributed by atoms with Crippen LogP contribution in [0.2, 0.25) is 0 Å². The molecule has 0 saturated heterocycles. The van der Waals surface area contributed by atoms with Crippen LogP contribution in [-0.4, -0.2) is 4.98 Å². The molecule has 0 fully saturated rings. The predicted molar refractivity (Wildman–Crippen MR) is 78.9 cm³/mol. The van der Waals surface area contributed by atoms with Gasteiger partial charge in [-0.05, 0) is 53.9 Å². The van der Waals surface area contributed by atoms with Gasteiger partial charge in [0.25, 0.3) is 0 Å². The van der Waals surface area contributed by atoms with Gasteiger partial charge in [0.1, 0.15) is 5.82 Å². The number of pyridine rings is 1. The van der Waals surface area contributed by atoms with Crippen LogP contribution in [0.1, 0.15) is 22.7 Å². The normalized spacial score (nSPS) is 12.6. The first-order valence-corrected chi connectivity index (χ1v) is 6.51. The number of aromatic nitrogens is 1. The monoisotopic (exact) mass is 266 g/mol. The summed E-state index contributed by atoms with van der Waals surface area (Å²) in [6, 6.07) is 14.4. The number of rotatable bonds is 2. The first-order chi connectivity index (χ1) is 9.63. The highest BCUT2D eigenvalue weighted by atomic mass is 19.1. The molecule has 1 heterocycles. The zero-order valence-electron chi connectivity index (χ0n) is 11.2. The average Bonchev–Trinajstić information content (AvgIpc) is 2.45. The van der Waals surface area contributed by atoms with E-state index in [9.17, 15) is 4.39 Å². The Balaban J connectivity index is 2.05. The lowest BCUT2D eigenvalue weighted by molar-refractivity contribution is 0.622. The molecule has 2 nitrogen and oxygen atoms in total. The van der Waals surface area contributed by atoms with E-state index in [2.05, 4.69) is 4.98 Å². The molecule has 0 aliphatic heterocycles. The second-order valence-corrected chi connectivity index (χ2v) is 5.00. The number of hydrogen-bond donors (Lipinski definition) is 1. The summed E-state index contributed by atoms with van der Waals surface area (Å²) in [6.45, 7) is 1.86. The van der Waals surface area contributed by atoms with Gasteiger partial charge < -0.3 is 5.73 Å². The van der Waals surface area contributed by atoms with Crippen molar-refractivity contribution in [3.8, 4) is 0 Å². The third-order valence-electron chi connectivity index (χ3n) is 3.41. The fourth-order valence-corrected chi connectivity index (χ4v) is 2.42. The molecular formula is C17H15FN2. The van der Waals surface area contributed by atoms with Crippen molar-refractivity contribution in [3.05, 3.63) is 77.2 Å². The lowest BCUT2D eigenvalue weighted by Crippen LogP contribution is -2.12. The van der Waals surface area contributed by atoms with E-state index >= 15 is 0 Å². The molecule has 20 heavy (non-hydrogen) atoms. The molecule has 2 aromatic carbocycles. The molecule has 1 atom stereocenters. The molecule has 0 radical (unpaired) electrons. The Kier molecular flexibility index (Phi) is 3.20. The Labute approximate surface area is 117 Å². The highest BCUT2D eigenvalue weighted by molar-refractivity contribution is 5.79. The van der Waals surface area contributed by atoms with Gasteiger partial charge in [-0.25, -0.2) is 4.39 Å². The van der Waals surface area contributed by atoms with E-state index in [0.29, 0.717) is 0 Å². The third kappa shape index (κ3) is 2.40. The lowest BCUT2D eigenvalue weighted by Gasteiger charge is -2.14. The summed E-state index contributed by atoms with van der Waals surface area (Å²) >= 11 is 0. The minimum absolute atomic E-state index is 0.252. The maximum atomic E-state index is 13.5. The number of benzene rings is 2. The molecule has 3 heteroatoms. The van der Waals surface area contributed by atoms with Crippen LogP contribution in [0, 0.1) is 12.7 Å². The molecule has 1 aromatic heterocycles. The molecule has 0 amide bonds. The first kappa shape index (κ1) is 12.8. The summed E-state index contributed by atoms with van der Waals surface area (Å²) in [4.78, 5) is 4.28. The average molecular weight is 266 g/mol. The zero-order chi connectivity index (χ0) is 14.1. The van der Waals surface area contributed by atoms with Crippen molar-refractivity contribution in [1.29, 1.82) is 0 Å². The minimum atomic E-state index is -0.339. The molecule has 0 saturated carbocycles. The van der Waals surface area contributed by atoms with Crippen LogP contribution in [0.5, 0.6) is 0 Å². The number of nitrogens with two attached hydrogens (primary N) is 1. The van der Waals surface area contributed by atoms with Gasteiger partial charge in [0.2, 0.25) is 0 Å². The van der Waals surface area contributed by atoms with Crippen molar-refractivity contribution in [2.24, 2.45) is 5.73 Å². The summed E-state index contributed by atoms with van der Waals surface area (Å²) < 4.78 is 13.5. The van der Waals surface area contributed by atoms with Crippen LogP contribution >= 0.6 is 0 Å². The number of aryl methyl sites for hydroxylation is 1. The minimum Gasteiger partial charge on any atom is -0.320 e.